The Labute approximate surface area is 132 Å². The molecule has 22 heavy (non-hydrogen) atoms. The molecular formula is C17H17FN2OS. The second-order valence-corrected chi connectivity index (χ2v) is 6.76. The fourth-order valence-corrected chi connectivity index (χ4v) is 3.26. The standard InChI is InChI=1S/C17H17FN2OS/c1-9(2)10(3)12-5-4-11(8-14(12)21)16-19-13-6-7-15(18)20-17(13)22-16/h4-10,21H,1-3H3. The third-order valence-electron chi connectivity index (χ3n) is 3.99. The Kier molecular flexibility index (Phi) is 3.83. The van der Waals surface area contributed by atoms with Crippen LogP contribution in [-0.2, 0) is 0 Å². The monoisotopic (exact) mass is 316 g/mol. The van der Waals surface area contributed by atoms with Crippen LogP contribution in [0, 0.1) is 11.9 Å². The van der Waals surface area contributed by atoms with Crippen LogP contribution in [-0.4, -0.2) is 15.1 Å². The fraction of sp³-hybridized carbons (Fsp3) is 0.294. The van der Waals surface area contributed by atoms with Crippen LogP contribution < -0.4 is 0 Å². The first-order valence-corrected chi connectivity index (χ1v) is 8.03. The van der Waals surface area contributed by atoms with Gasteiger partial charge in [0.1, 0.15) is 21.1 Å². The van der Waals surface area contributed by atoms with Crippen molar-refractivity contribution in [3.05, 3.63) is 41.8 Å². The van der Waals surface area contributed by atoms with Crippen LogP contribution in [0.25, 0.3) is 20.9 Å². The molecule has 3 aromatic rings. The van der Waals surface area contributed by atoms with Crippen LogP contribution in [0.2, 0.25) is 0 Å². The van der Waals surface area contributed by atoms with Crippen molar-refractivity contribution in [2.24, 2.45) is 5.92 Å². The summed E-state index contributed by atoms with van der Waals surface area (Å²) in [6, 6.07) is 8.53. The molecule has 1 atom stereocenters. The maximum absolute atomic E-state index is 13.2. The minimum Gasteiger partial charge on any atom is -0.508 e. The third kappa shape index (κ3) is 2.68. The van der Waals surface area contributed by atoms with E-state index in [9.17, 15) is 9.50 Å². The summed E-state index contributed by atoms with van der Waals surface area (Å²) in [6.07, 6.45) is 0. The smallest absolute Gasteiger partial charge is 0.214 e. The number of rotatable bonds is 3. The second-order valence-electron chi connectivity index (χ2n) is 5.78. The maximum Gasteiger partial charge on any atom is 0.214 e. The van der Waals surface area contributed by atoms with Crippen LogP contribution >= 0.6 is 11.3 Å². The lowest BCUT2D eigenvalue weighted by Gasteiger charge is -2.17. The van der Waals surface area contributed by atoms with Gasteiger partial charge in [0.05, 0.1) is 0 Å². The Bertz CT molecular complexity index is 829. The molecule has 0 aliphatic heterocycles. The molecule has 0 radical (unpaired) electrons. The van der Waals surface area contributed by atoms with E-state index in [-0.39, 0.29) is 11.7 Å². The fourth-order valence-electron chi connectivity index (χ4n) is 2.34. The Hall–Kier alpha value is -2.01. The molecule has 1 aromatic carbocycles. The van der Waals surface area contributed by atoms with Gasteiger partial charge in [-0.2, -0.15) is 4.39 Å². The van der Waals surface area contributed by atoms with Gasteiger partial charge in [-0.3, -0.25) is 0 Å². The van der Waals surface area contributed by atoms with E-state index in [0.29, 0.717) is 16.3 Å². The van der Waals surface area contributed by atoms with E-state index in [0.717, 1.165) is 16.1 Å². The topological polar surface area (TPSA) is 46.0 Å². The number of hydrogen-bond donors (Lipinski definition) is 1. The van der Waals surface area contributed by atoms with Crippen molar-refractivity contribution in [2.75, 3.05) is 0 Å². The second kappa shape index (κ2) is 5.65. The summed E-state index contributed by atoms with van der Waals surface area (Å²) >= 11 is 1.32. The highest BCUT2D eigenvalue weighted by molar-refractivity contribution is 7.21. The number of aromatic hydroxyl groups is 1. The van der Waals surface area contributed by atoms with E-state index in [4.69, 9.17) is 0 Å². The zero-order valence-corrected chi connectivity index (χ0v) is 13.5. The largest absolute Gasteiger partial charge is 0.508 e. The number of benzene rings is 1. The van der Waals surface area contributed by atoms with Crippen LogP contribution in [0.3, 0.4) is 0 Å². The van der Waals surface area contributed by atoms with Gasteiger partial charge in [-0.05, 0) is 35.6 Å². The van der Waals surface area contributed by atoms with E-state index in [1.807, 2.05) is 12.1 Å². The minimum atomic E-state index is -0.508. The molecule has 1 N–H and O–H groups in total. The van der Waals surface area contributed by atoms with Crippen LogP contribution in [0.5, 0.6) is 5.75 Å². The summed E-state index contributed by atoms with van der Waals surface area (Å²) in [7, 11) is 0. The maximum atomic E-state index is 13.2. The molecule has 0 aliphatic carbocycles. The zero-order chi connectivity index (χ0) is 15.9. The Morgan fingerprint density at radius 3 is 2.55 bits per heavy atom. The molecular weight excluding hydrogens is 299 g/mol. The van der Waals surface area contributed by atoms with Gasteiger partial charge in [0, 0.05) is 5.56 Å². The summed E-state index contributed by atoms with van der Waals surface area (Å²) in [6.45, 7) is 6.36. The third-order valence-corrected chi connectivity index (χ3v) is 5.00. The predicted molar refractivity (Wildman–Crippen MR) is 87.7 cm³/mol. The van der Waals surface area contributed by atoms with Crippen molar-refractivity contribution in [1.29, 1.82) is 0 Å². The van der Waals surface area contributed by atoms with Crippen molar-refractivity contribution < 1.29 is 9.50 Å². The number of pyridine rings is 1. The van der Waals surface area contributed by atoms with Gasteiger partial charge >= 0.3 is 0 Å². The number of aromatic nitrogens is 2. The molecule has 0 bridgehead atoms. The molecule has 0 aliphatic rings. The summed E-state index contributed by atoms with van der Waals surface area (Å²) in [5.74, 6) is 0.496. The molecule has 0 amide bonds. The lowest BCUT2D eigenvalue weighted by molar-refractivity contribution is 0.446. The highest BCUT2D eigenvalue weighted by Crippen LogP contribution is 2.36. The number of fused-ring (bicyclic) bond motifs is 1. The van der Waals surface area contributed by atoms with E-state index in [1.54, 1.807) is 12.1 Å². The number of hydrogen-bond acceptors (Lipinski definition) is 4. The molecule has 1 unspecified atom stereocenters. The van der Waals surface area contributed by atoms with E-state index in [2.05, 4.69) is 30.7 Å². The molecule has 5 heteroatoms. The van der Waals surface area contributed by atoms with E-state index in [1.165, 1.54) is 17.4 Å². The molecule has 114 valence electrons. The van der Waals surface area contributed by atoms with Crippen LogP contribution in [0.1, 0.15) is 32.3 Å². The zero-order valence-electron chi connectivity index (χ0n) is 12.7. The number of halogens is 1. The van der Waals surface area contributed by atoms with E-state index < -0.39 is 5.95 Å². The first-order chi connectivity index (χ1) is 10.5. The van der Waals surface area contributed by atoms with Gasteiger partial charge in [-0.25, -0.2) is 9.97 Å². The number of nitrogens with zero attached hydrogens (tertiary/aromatic N) is 2. The van der Waals surface area contributed by atoms with Crippen LogP contribution in [0.4, 0.5) is 4.39 Å². The van der Waals surface area contributed by atoms with E-state index >= 15 is 0 Å². The van der Waals surface area contributed by atoms with Crippen molar-refractivity contribution in [2.45, 2.75) is 26.7 Å². The van der Waals surface area contributed by atoms with Gasteiger partial charge < -0.3 is 5.11 Å². The molecule has 2 aromatic heterocycles. The Balaban J connectivity index is 2.02. The van der Waals surface area contributed by atoms with Gasteiger partial charge in [0.25, 0.3) is 0 Å². The lowest BCUT2D eigenvalue weighted by Crippen LogP contribution is -2.02. The highest BCUT2D eigenvalue weighted by Gasteiger charge is 2.16. The average molecular weight is 316 g/mol. The summed E-state index contributed by atoms with van der Waals surface area (Å²) in [4.78, 5) is 8.86. The molecule has 3 nitrogen and oxygen atoms in total. The molecule has 2 heterocycles. The molecule has 0 saturated carbocycles. The van der Waals surface area contributed by atoms with Gasteiger partial charge in [-0.1, -0.05) is 44.2 Å². The summed E-state index contributed by atoms with van der Waals surface area (Å²) in [5.41, 5.74) is 2.42. The lowest BCUT2D eigenvalue weighted by atomic mass is 9.89. The molecule has 0 saturated heterocycles. The predicted octanol–water partition coefficient (Wildman–Crippen LogP) is 4.96. The number of phenolic OH excluding ortho intramolecular Hbond substituents is 1. The quantitative estimate of drug-likeness (QED) is 0.694. The first-order valence-electron chi connectivity index (χ1n) is 7.22. The van der Waals surface area contributed by atoms with Gasteiger partial charge in [0.15, 0.2) is 0 Å². The summed E-state index contributed by atoms with van der Waals surface area (Å²) < 4.78 is 13.2. The average Bonchev–Trinajstić information content (AvgIpc) is 2.89. The number of thiazole rings is 1. The first kappa shape index (κ1) is 14.9. The van der Waals surface area contributed by atoms with Crippen molar-refractivity contribution in [3.8, 4) is 16.3 Å². The Morgan fingerprint density at radius 2 is 1.86 bits per heavy atom. The summed E-state index contributed by atoms with van der Waals surface area (Å²) in [5, 5.41) is 11.0. The number of phenols is 1. The van der Waals surface area contributed by atoms with Gasteiger partial charge in [-0.15, -0.1) is 0 Å². The Morgan fingerprint density at radius 1 is 1.09 bits per heavy atom. The van der Waals surface area contributed by atoms with Crippen molar-refractivity contribution in [3.63, 3.8) is 0 Å². The van der Waals surface area contributed by atoms with Crippen molar-refractivity contribution in [1.82, 2.24) is 9.97 Å². The molecule has 0 spiro atoms. The molecule has 0 fully saturated rings. The highest BCUT2D eigenvalue weighted by atomic mass is 32.1. The van der Waals surface area contributed by atoms with Crippen molar-refractivity contribution >= 4 is 21.7 Å². The van der Waals surface area contributed by atoms with Crippen LogP contribution in [0.15, 0.2) is 30.3 Å². The van der Waals surface area contributed by atoms with Gasteiger partial charge in [0.2, 0.25) is 5.95 Å². The minimum absolute atomic E-state index is 0.275. The SMILES string of the molecule is CC(C)C(C)c1ccc(-c2nc3ccc(F)nc3s2)cc1O. The molecule has 3 rings (SSSR count). The normalized spacial score (nSPS) is 13.0.